The lowest BCUT2D eigenvalue weighted by molar-refractivity contribution is -0.137. The third-order valence-corrected chi connectivity index (χ3v) is 4.61. The molecule has 0 aliphatic carbocycles. The van der Waals surface area contributed by atoms with Crippen molar-refractivity contribution in [2.24, 2.45) is 0 Å². The van der Waals surface area contributed by atoms with E-state index < -0.39 is 11.7 Å². The van der Waals surface area contributed by atoms with Crippen molar-refractivity contribution in [3.63, 3.8) is 0 Å². The van der Waals surface area contributed by atoms with Crippen molar-refractivity contribution in [2.75, 3.05) is 6.61 Å². The Morgan fingerprint density at radius 2 is 1.79 bits per heavy atom. The van der Waals surface area contributed by atoms with Crippen LogP contribution in [0, 0.1) is 0 Å². The summed E-state index contributed by atoms with van der Waals surface area (Å²) in [5.41, 5.74) is 1.27. The molecule has 0 bridgehead atoms. The van der Waals surface area contributed by atoms with Gasteiger partial charge in [-0.1, -0.05) is 36.4 Å². The first-order chi connectivity index (χ1) is 13.3. The average Bonchev–Trinajstić information content (AvgIpc) is 2.66. The highest BCUT2D eigenvalue weighted by Crippen LogP contribution is 2.33. The van der Waals surface area contributed by atoms with Gasteiger partial charge >= 0.3 is 6.18 Å². The Balaban J connectivity index is 1.93. The summed E-state index contributed by atoms with van der Waals surface area (Å²) in [7, 11) is 0. The molecule has 3 aromatic rings. The first kappa shape index (κ1) is 19.9. The zero-order valence-corrected chi connectivity index (χ0v) is 15.3. The number of benzene rings is 3. The maximum absolute atomic E-state index is 12.8. The predicted molar refractivity (Wildman–Crippen MR) is 103 cm³/mol. The molecule has 6 heteroatoms. The molecule has 3 nitrogen and oxygen atoms in total. The number of aliphatic hydroxyl groups is 1. The summed E-state index contributed by atoms with van der Waals surface area (Å²) in [4.78, 5) is 12.4. The largest absolute Gasteiger partial charge is 0.416 e. The van der Waals surface area contributed by atoms with Crippen LogP contribution in [0.3, 0.4) is 0 Å². The molecule has 0 spiro atoms. The second kappa shape index (κ2) is 8.02. The number of fused-ring (bicyclic) bond motifs is 1. The predicted octanol–water partition coefficient (Wildman–Crippen LogP) is 5.03. The van der Waals surface area contributed by atoms with Gasteiger partial charge in [0.2, 0.25) is 0 Å². The molecule has 0 heterocycles. The van der Waals surface area contributed by atoms with Gasteiger partial charge in [0.05, 0.1) is 5.56 Å². The van der Waals surface area contributed by atoms with Crippen molar-refractivity contribution >= 4 is 16.7 Å². The first-order valence-corrected chi connectivity index (χ1v) is 8.91. The Labute approximate surface area is 160 Å². The van der Waals surface area contributed by atoms with E-state index >= 15 is 0 Å². The Morgan fingerprint density at radius 1 is 1.07 bits per heavy atom. The average molecular weight is 387 g/mol. The fraction of sp³-hybridized carbons (Fsp3) is 0.227. The van der Waals surface area contributed by atoms with Gasteiger partial charge in [0.15, 0.2) is 0 Å². The number of hydrogen-bond acceptors (Lipinski definition) is 2. The fourth-order valence-corrected chi connectivity index (χ4v) is 3.09. The molecule has 0 saturated heterocycles. The van der Waals surface area contributed by atoms with Crippen LogP contribution in [0.1, 0.15) is 29.3 Å². The van der Waals surface area contributed by atoms with Crippen LogP contribution in [-0.2, 0) is 6.18 Å². The SMILES string of the molecule is CC(CCO)NC(=O)c1ccc2c(-c3ccc(C(F)(F)F)cc3)cccc2c1. The molecule has 0 aromatic heterocycles. The zero-order valence-electron chi connectivity index (χ0n) is 15.3. The van der Waals surface area contributed by atoms with Gasteiger partial charge in [-0.2, -0.15) is 13.2 Å². The molecule has 3 aromatic carbocycles. The molecule has 28 heavy (non-hydrogen) atoms. The van der Waals surface area contributed by atoms with E-state index in [9.17, 15) is 18.0 Å². The van der Waals surface area contributed by atoms with Gasteiger partial charge in [-0.3, -0.25) is 4.79 Å². The second-order valence-corrected chi connectivity index (χ2v) is 6.70. The lowest BCUT2D eigenvalue weighted by atomic mass is 9.96. The van der Waals surface area contributed by atoms with E-state index in [2.05, 4.69) is 5.32 Å². The number of nitrogens with one attached hydrogen (secondary N) is 1. The summed E-state index contributed by atoms with van der Waals surface area (Å²) in [5, 5.41) is 13.4. The molecule has 3 rings (SSSR count). The monoisotopic (exact) mass is 387 g/mol. The van der Waals surface area contributed by atoms with Gasteiger partial charge in [-0.05, 0) is 59.5 Å². The molecule has 2 N–H and O–H groups in total. The molecular formula is C22H20F3NO2. The summed E-state index contributed by atoms with van der Waals surface area (Å²) in [6, 6.07) is 15.7. The van der Waals surface area contributed by atoms with Crippen LogP contribution in [0.15, 0.2) is 60.7 Å². The maximum atomic E-state index is 12.8. The lowest BCUT2D eigenvalue weighted by Crippen LogP contribution is -2.33. The number of alkyl halides is 3. The van der Waals surface area contributed by atoms with Crippen molar-refractivity contribution in [2.45, 2.75) is 25.6 Å². The molecule has 0 radical (unpaired) electrons. The van der Waals surface area contributed by atoms with E-state index in [0.29, 0.717) is 17.5 Å². The summed E-state index contributed by atoms with van der Waals surface area (Å²) in [6.07, 6.45) is -3.90. The molecule has 0 aliphatic rings. The van der Waals surface area contributed by atoms with E-state index in [1.54, 1.807) is 18.2 Å². The smallest absolute Gasteiger partial charge is 0.396 e. The van der Waals surface area contributed by atoms with Gasteiger partial charge in [-0.25, -0.2) is 0 Å². The Kier molecular flexibility index (Phi) is 5.70. The van der Waals surface area contributed by atoms with E-state index in [1.807, 2.05) is 25.1 Å². The van der Waals surface area contributed by atoms with Crippen LogP contribution >= 0.6 is 0 Å². The van der Waals surface area contributed by atoms with E-state index in [-0.39, 0.29) is 18.6 Å². The van der Waals surface area contributed by atoms with Gasteiger partial charge < -0.3 is 10.4 Å². The Bertz CT molecular complexity index is 981. The van der Waals surface area contributed by atoms with Crippen molar-refractivity contribution < 1.29 is 23.1 Å². The van der Waals surface area contributed by atoms with Crippen LogP contribution in [0.4, 0.5) is 13.2 Å². The van der Waals surface area contributed by atoms with Gasteiger partial charge in [0.1, 0.15) is 0 Å². The third kappa shape index (κ3) is 4.34. The molecule has 0 aliphatic heterocycles. The number of rotatable bonds is 5. The topological polar surface area (TPSA) is 49.3 Å². The second-order valence-electron chi connectivity index (χ2n) is 6.70. The quantitative estimate of drug-likeness (QED) is 0.645. The molecule has 1 unspecified atom stereocenters. The first-order valence-electron chi connectivity index (χ1n) is 8.91. The van der Waals surface area contributed by atoms with Crippen molar-refractivity contribution in [3.05, 3.63) is 71.8 Å². The summed E-state index contributed by atoms with van der Waals surface area (Å²) in [6.45, 7) is 1.81. The molecular weight excluding hydrogens is 367 g/mol. The molecule has 1 amide bonds. The number of carbonyl (C=O) groups is 1. The van der Waals surface area contributed by atoms with E-state index in [1.165, 1.54) is 12.1 Å². The summed E-state index contributed by atoms with van der Waals surface area (Å²) in [5.74, 6) is -0.234. The maximum Gasteiger partial charge on any atom is 0.416 e. The highest BCUT2D eigenvalue weighted by molar-refractivity contribution is 6.02. The standard InChI is InChI=1S/C22H20F3NO2/c1-14(11-12-27)26-21(28)17-7-10-20-16(13-17)3-2-4-19(20)15-5-8-18(9-6-15)22(23,24)25/h2-10,13-14,27H,11-12H2,1H3,(H,26,28). The Morgan fingerprint density at radius 3 is 2.43 bits per heavy atom. The van der Waals surface area contributed by atoms with Crippen LogP contribution < -0.4 is 5.32 Å². The van der Waals surface area contributed by atoms with E-state index in [4.69, 9.17) is 5.11 Å². The lowest BCUT2D eigenvalue weighted by Gasteiger charge is -2.14. The van der Waals surface area contributed by atoms with E-state index in [0.717, 1.165) is 28.5 Å². The third-order valence-electron chi connectivity index (χ3n) is 4.61. The van der Waals surface area contributed by atoms with Crippen molar-refractivity contribution in [1.29, 1.82) is 0 Å². The fourth-order valence-electron chi connectivity index (χ4n) is 3.09. The van der Waals surface area contributed by atoms with Crippen LogP contribution in [0.5, 0.6) is 0 Å². The number of carbonyl (C=O) groups excluding carboxylic acids is 1. The summed E-state index contributed by atoms with van der Waals surface area (Å²) >= 11 is 0. The van der Waals surface area contributed by atoms with Crippen molar-refractivity contribution in [1.82, 2.24) is 5.32 Å². The van der Waals surface area contributed by atoms with Gasteiger partial charge in [0.25, 0.3) is 5.91 Å². The van der Waals surface area contributed by atoms with Crippen LogP contribution in [0.25, 0.3) is 21.9 Å². The number of halogens is 3. The summed E-state index contributed by atoms with van der Waals surface area (Å²) < 4.78 is 38.3. The number of hydrogen-bond donors (Lipinski definition) is 2. The normalized spacial score (nSPS) is 12.8. The Hall–Kier alpha value is -2.86. The highest BCUT2D eigenvalue weighted by Gasteiger charge is 2.30. The number of amides is 1. The van der Waals surface area contributed by atoms with Gasteiger partial charge in [-0.15, -0.1) is 0 Å². The van der Waals surface area contributed by atoms with Crippen LogP contribution in [-0.4, -0.2) is 23.7 Å². The molecule has 0 saturated carbocycles. The highest BCUT2D eigenvalue weighted by atomic mass is 19.4. The minimum Gasteiger partial charge on any atom is -0.396 e. The minimum absolute atomic E-state index is 0.00431. The van der Waals surface area contributed by atoms with Gasteiger partial charge in [0, 0.05) is 18.2 Å². The molecule has 0 fully saturated rings. The number of aliphatic hydroxyl groups excluding tert-OH is 1. The molecule has 1 atom stereocenters. The zero-order chi connectivity index (χ0) is 20.3. The minimum atomic E-state index is -4.37. The van der Waals surface area contributed by atoms with Crippen LogP contribution in [0.2, 0.25) is 0 Å². The van der Waals surface area contributed by atoms with Crippen molar-refractivity contribution in [3.8, 4) is 11.1 Å². The molecule has 146 valence electrons.